The van der Waals surface area contributed by atoms with Crippen LogP contribution in [-0.4, -0.2) is 43.5 Å². The molecule has 2 amide bonds. The monoisotopic (exact) mass is 250 g/mol. The van der Waals surface area contributed by atoms with E-state index in [1.807, 2.05) is 13.8 Å². The molecule has 0 spiro atoms. The summed E-state index contributed by atoms with van der Waals surface area (Å²) in [7, 11) is 0. The lowest BCUT2D eigenvalue weighted by atomic mass is 10.4. The first-order valence-corrected chi connectivity index (χ1v) is 5.85. The van der Waals surface area contributed by atoms with Crippen LogP contribution in [0, 0.1) is 0 Å². The molecule has 0 aliphatic heterocycles. The maximum atomic E-state index is 11.1. The molecule has 0 heterocycles. The van der Waals surface area contributed by atoms with Crippen LogP contribution in [0.5, 0.6) is 0 Å². The van der Waals surface area contributed by atoms with Crippen molar-refractivity contribution in [2.45, 2.75) is 26.4 Å². The lowest BCUT2D eigenvalue weighted by molar-refractivity contribution is -0.139. The molecular formula is C10H19ClN2O3. The largest absolute Gasteiger partial charge is 0.379 e. The Labute approximate surface area is 101 Å². The number of hydrogen-bond donors (Lipinski definition) is 2. The van der Waals surface area contributed by atoms with Crippen LogP contribution in [0.4, 0.5) is 0 Å². The summed E-state index contributed by atoms with van der Waals surface area (Å²) in [6.07, 6.45) is 0.870. The number of hydrogen-bond acceptors (Lipinski definition) is 3. The Morgan fingerprint density at radius 1 is 1.19 bits per heavy atom. The second-order valence-electron chi connectivity index (χ2n) is 3.47. The second kappa shape index (κ2) is 9.42. The Morgan fingerprint density at radius 3 is 2.25 bits per heavy atom. The van der Waals surface area contributed by atoms with Gasteiger partial charge in [-0.15, -0.1) is 11.6 Å². The molecule has 2 N–H and O–H groups in total. The van der Waals surface area contributed by atoms with Crippen molar-refractivity contribution >= 4 is 23.4 Å². The van der Waals surface area contributed by atoms with Gasteiger partial charge in [-0.05, 0) is 20.3 Å². The quantitative estimate of drug-likeness (QED) is 0.387. The van der Waals surface area contributed by atoms with Crippen molar-refractivity contribution in [3.05, 3.63) is 0 Å². The van der Waals surface area contributed by atoms with Gasteiger partial charge < -0.3 is 15.4 Å². The fraction of sp³-hybridized carbons (Fsp3) is 0.800. The SMILES string of the molecule is CC(C)OCCCNC(=O)C(=O)NCCCl. The molecule has 5 nitrogen and oxygen atoms in total. The first-order valence-electron chi connectivity index (χ1n) is 5.31. The van der Waals surface area contributed by atoms with Crippen molar-refractivity contribution in [2.24, 2.45) is 0 Å². The minimum Gasteiger partial charge on any atom is -0.379 e. The van der Waals surface area contributed by atoms with Crippen molar-refractivity contribution in [2.75, 3.05) is 25.6 Å². The molecular weight excluding hydrogens is 232 g/mol. The average Bonchev–Trinajstić information content (AvgIpc) is 2.24. The van der Waals surface area contributed by atoms with Gasteiger partial charge in [0.05, 0.1) is 6.10 Å². The summed E-state index contributed by atoms with van der Waals surface area (Å²) in [5, 5.41) is 4.87. The molecule has 0 aromatic carbocycles. The maximum Gasteiger partial charge on any atom is 0.309 e. The van der Waals surface area contributed by atoms with Crippen molar-refractivity contribution in [3.63, 3.8) is 0 Å². The van der Waals surface area contributed by atoms with Crippen LogP contribution >= 0.6 is 11.6 Å². The summed E-state index contributed by atoms with van der Waals surface area (Å²) in [5.41, 5.74) is 0. The third kappa shape index (κ3) is 8.49. The van der Waals surface area contributed by atoms with E-state index in [1.54, 1.807) is 0 Å². The molecule has 0 aliphatic carbocycles. The second-order valence-corrected chi connectivity index (χ2v) is 3.85. The van der Waals surface area contributed by atoms with Crippen molar-refractivity contribution in [1.82, 2.24) is 10.6 Å². The van der Waals surface area contributed by atoms with Gasteiger partial charge in [-0.1, -0.05) is 0 Å². The summed E-state index contributed by atoms with van der Waals surface area (Å²) < 4.78 is 5.28. The minimum atomic E-state index is -0.648. The minimum absolute atomic E-state index is 0.183. The van der Waals surface area contributed by atoms with E-state index in [0.29, 0.717) is 32.0 Å². The summed E-state index contributed by atoms with van der Waals surface area (Å²) >= 11 is 5.36. The highest BCUT2D eigenvalue weighted by atomic mass is 35.5. The number of halogens is 1. The Hall–Kier alpha value is -0.810. The van der Waals surface area contributed by atoms with E-state index in [1.165, 1.54) is 0 Å². The van der Waals surface area contributed by atoms with E-state index in [2.05, 4.69) is 10.6 Å². The number of amides is 2. The number of nitrogens with one attached hydrogen (secondary N) is 2. The summed E-state index contributed by atoms with van der Waals surface area (Å²) in [4.78, 5) is 22.2. The third-order valence-corrected chi connectivity index (χ3v) is 1.83. The van der Waals surface area contributed by atoms with E-state index in [9.17, 15) is 9.59 Å². The molecule has 0 bridgehead atoms. The van der Waals surface area contributed by atoms with Crippen LogP contribution in [0.3, 0.4) is 0 Å². The fourth-order valence-corrected chi connectivity index (χ4v) is 1.01. The Balaban J connectivity index is 3.46. The summed E-state index contributed by atoms with van der Waals surface area (Å²) in [6.45, 7) is 5.18. The molecule has 0 saturated carbocycles. The summed E-state index contributed by atoms with van der Waals surface area (Å²) in [5.74, 6) is -0.985. The smallest absolute Gasteiger partial charge is 0.309 e. The zero-order chi connectivity index (χ0) is 12.4. The Bertz CT molecular complexity index is 222. The fourth-order valence-electron chi connectivity index (χ4n) is 0.914. The van der Waals surface area contributed by atoms with Gasteiger partial charge in [0, 0.05) is 25.6 Å². The van der Waals surface area contributed by atoms with Crippen molar-refractivity contribution in [3.8, 4) is 0 Å². The lowest BCUT2D eigenvalue weighted by Gasteiger charge is -2.08. The predicted octanol–water partition coefficient (Wildman–Crippen LogP) is 0.273. The van der Waals surface area contributed by atoms with Gasteiger partial charge in [-0.2, -0.15) is 0 Å². The van der Waals surface area contributed by atoms with E-state index in [0.717, 1.165) is 0 Å². The molecule has 0 aromatic heterocycles. The molecule has 0 radical (unpaired) electrons. The van der Waals surface area contributed by atoms with Crippen LogP contribution in [0.25, 0.3) is 0 Å². The molecule has 0 saturated heterocycles. The molecule has 0 unspecified atom stereocenters. The van der Waals surface area contributed by atoms with Crippen LogP contribution in [-0.2, 0) is 14.3 Å². The van der Waals surface area contributed by atoms with Gasteiger partial charge in [0.1, 0.15) is 0 Å². The Kier molecular flexibility index (Phi) is 8.94. The standard InChI is InChI=1S/C10H19ClN2O3/c1-8(2)16-7-3-5-12-9(14)10(15)13-6-4-11/h8H,3-7H2,1-2H3,(H,12,14)(H,13,15). The number of carbonyl (C=O) groups excluding carboxylic acids is 2. The van der Waals surface area contributed by atoms with Gasteiger partial charge in [0.15, 0.2) is 0 Å². The molecule has 0 aliphatic rings. The van der Waals surface area contributed by atoms with Gasteiger partial charge in [0.25, 0.3) is 0 Å². The number of carbonyl (C=O) groups is 2. The molecule has 16 heavy (non-hydrogen) atoms. The van der Waals surface area contributed by atoms with E-state index < -0.39 is 11.8 Å². The highest BCUT2D eigenvalue weighted by Gasteiger charge is 2.10. The average molecular weight is 251 g/mol. The van der Waals surface area contributed by atoms with Crippen molar-refractivity contribution in [1.29, 1.82) is 0 Å². The highest BCUT2D eigenvalue weighted by Crippen LogP contribution is 1.89. The van der Waals surface area contributed by atoms with E-state index >= 15 is 0 Å². The first kappa shape index (κ1) is 15.2. The Morgan fingerprint density at radius 2 is 1.75 bits per heavy atom. The van der Waals surface area contributed by atoms with Gasteiger partial charge in [-0.3, -0.25) is 9.59 Å². The molecule has 6 heteroatoms. The molecule has 0 fully saturated rings. The zero-order valence-corrected chi connectivity index (χ0v) is 10.5. The van der Waals surface area contributed by atoms with Crippen molar-refractivity contribution < 1.29 is 14.3 Å². The van der Waals surface area contributed by atoms with Gasteiger partial charge in [0.2, 0.25) is 0 Å². The maximum absolute atomic E-state index is 11.1. The normalized spacial score (nSPS) is 10.2. The number of alkyl halides is 1. The molecule has 0 aromatic rings. The van der Waals surface area contributed by atoms with Crippen LogP contribution in [0.15, 0.2) is 0 Å². The molecule has 94 valence electrons. The topological polar surface area (TPSA) is 67.4 Å². The van der Waals surface area contributed by atoms with Gasteiger partial charge in [-0.25, -0.2) is 0 Å². The molecule has 0 atom stereocenters. The molecule has 0 rings (SSSR count). The number of ether oxygens (including phenoxy) is 1. The van der Waals surface area contributed by atoms with E-state index in [4.69, 9.17) is 16.3 Å². The first-order chi connectivity index (χ1) is 7.57. The van der Waals surface area contributed by atoms with Crippen LogP contribution < -0.4 is 10.6 Å². The van der Waals surface area contributed by atoms with Gasteiger partial charge >= 0.3 is 11.8 Å². The predicted molar refractivity (Wildman–Crippen MR) is 62.4 cm³/mol. The van der Waals surface area contributed by atoms with Crippen LogP contribution in [0.2, 0.25) is 0 Å². The van der Waals surface area contributed by atoms with E-state index in [-0.39, 0.29) is 6.10 Å². The highest BCUT2D eigenvalue weighted by molar-refractivity contribution is 6.35. The zero-order valence-electron chi connectivity index (χ0n) is 9.72. The number of rotatable bonds is 7. The third-order valence-electron chi connectivity index (χ3n) is 1.64. The lowest BCUT2D eigenvalue weighted by Crippen LogP contribution is -2.41. The summed E-state index contributed by atoms with van der Waals surface area (Å²) in [6, 6.07) is 0. The van der Waals surface area contributed by atoms with Crippen LogP contribution in [0.1, 0.15) is 20.3 Å².